The molecule has 1 aromatic heterocycles. The molecule has 1 heterocycles. The maximum Gasteiger partial charge on any atom is 0.0922 e. The Morgan fingerprint density at radius 1 is 1.64 bits per heavy atom. The van der Waals surface area contributed by atoms with Crippen molar-refractivity contribution in [3.8, 4) is 0 Å². The molecule has 4 N–H and O–H groups in total. The molecular formula is C10H16N2OS. The number of aliphatic hydroxyl groups is 1. The van der Waals surface area contributed by atoms with Gasteiger partial charge in [-0.05, 0) is 35.2 Å². The summed E-state index contributed by atoms with van der Waals surface area (Å²) in [7, 11) is 0. The van der Waals surface area contributed by atoms with Crippen molar-refractivity contribution in [3.05, 3.63) is 22.4 Å². The molecule has 78 valence electrons. The highest BCUT2D eigenvalue weighted by Crippen LogP contribution is 2.19. The molecule has 0 spiro atoms. The van der Waals surface area contributed by atoms with E-state index in [1.807, 2.05) is 16.8 Å². The molecule has 1 fully saturated rings. The van der Waals surface area contributed by atoms with Crippen LogP contribution in [-0.4, -0.2) is 23.7 Å². The Bertz CT molecular complexity index is 270. The summed E-state index contributed by atoms with van der Waals surface area (Å²) in [6, 6.07) is 2.84. The number of aliphatic hydroxyl groups excluding tert-OH is 1. The van der Waals surface area contributed by atoms with Crippen LogP contribution in [0.4, 0.5) is 0 Å². The standard InChI is InChI=1S/C10H16N2OS/c11-8-3-9(4-8)12-5-10(13)7-1-2-14-6-7/h1-2,6,8-10,12-13H,3-5,11H2. The zero-order chi connectivity index (χ0) is 9.97. The van der Waals surface area contributed by atoms with Crippen LogP contribution in [0.5, 0.6) is 0 Å². The molecule has 3 nitrogen and oxygen atoms in total. The average Bonchev–Trinajstić information content (AvgIpc) is 2.62. The van der Waals surface area contributed by atoms with Gasteiger partial charge in [-0.15, -0.1) is 0 Å². The van der Waals surface area contributed by atoms with Gasteiger partial charge in [-0.2, -0.15) is 11.3 Å². The Morgan fingerprint density at radius 3 is 3.00 bits per heavy atom. The van der Waals surface area contributed by atoms with E-state index in [9.17, 15) is 5.11 Å². The normalized spacial score (nSPS) is 28.4. The number of nitrogens with one attached hydrogen (secondary N) is 1. The largest absolute Gasteiger partial charge is 0.387 e. The maximum absolute atomic E-state index is 9.76. The van der Waals surface area contributed by atoms with Gasteiger partial charge in [0.2, 0.25) is 0 Å². The molecule has 0 aromatic carbocycles. The van der Waals surface area contributed by atoms with Crippen molar-refractivity contribution in [2.45, 2.75) is 31.0 Å². The molecule has 0 saturated heterocycles. The molecule has 2 rings (SSSR count). The fraction of sp³-hybridized carbons (Fsp3) is 0.600. The van der Waals surface area contributed by atoms with Crippen LogP contribution in [-0.2, 0) is 0 Å². The summed E-state index contributed by atoms with van der Waals surface area (Å²) in [5.74, 6) is 0. The van der Waals surface area contributed by atoms with E-state index in [4.69, 9.17) is 5.73 Å². The topological polar surface area (TPSA) is 58.3 Å². The fourth-order valence-corrected chi connectivity index (χ4v) is 2.40. The number of hydrogen-bond acceptors (Lipinski definition) is 4. The molecular weight excluding hydrogens is 196 g/mol. The second kappa shape index (κ2) is 4.40. The van der Waals surface area contributed by atoms with E-state index in [2.05, 4.69) is 5.32 Å². The van der Waals surface area contributed by atoms with Crippen LogP contribution in [0.25, 0.3) is 0 Å². The van der Waals surface area contributed by atoms with Gasteiger partial charge in [-0.1, -0.05) is 0 Å². The van der Waals surface area contributed by atoms with Crippen LogP contribution in [0.1, 0.15) is 24.5 Å². The van der Waals surface area contributed by atoms with Gasteiger partial charge in [0.05, 0.1) is 6.10 Å². The molecule has 1 aromatic rings. The van der Waals surface area contributed by atoms with Crippen molar-refractivity contribution in [1.29, 1.82) is 0 Å². The quantitative estimate of drug-likeness (QED) is 0.694. The fourth-order valence-electron chi connectivity index (χ4n) is 1.69. The number of nitrogens with two attached hydrogens (primary N) is 1. The third-order valence-electron chi connectivity index (χ3n) is 2.70. The molecule has 0 radical (unpaired) electrons. The molecule has 1 atom stereocenters. The first-order valence-corrected chi connectivity index (χ1v) is 5.89. The van der Waals surface area contributed by atoms with Crippen molar-refractivity contribution in [3.63, 3.8) is 0 Å². The second-order valence-electron chi connectivity index (χ2n) is 3.91. The van der Waals surface area contributed by atoms with Gasteiger partial charge in [0.1, 0.15) is 0 Å². The highest BCUT2D eigenvalue weighted by molar-refractivity contribution is 7.07. The Hall–Kier alpha value is -0.420. The summed E-state index contributed by atoms with van der Waals surface area (Å²) < 4.78 is 0. The molecule has 1 aliphatic carbocycles. The zero-order valence-corrected chi connectivity index (χ0v) is 8.83. The molecule has 14 heavy (non-hydrogen) atoms. The molecule has 1 aliphatic rings. The lowest BCUT2D eigenvalue weighted by Crippen LogP contribution is -2.49. The van der Waals surface area contributed by atoms with Crippen LogP contribution in [0.15, 0.2) is 16.8 Å². The lowest BCUT2D eigenvalue weighted by atomic mass is 9.87. The van der Waals surface area contributed by atoms with Gasteiger partial charge in [-0.25, -0.2) is 0 Å². The van der Waals surface area contributed by atoms with Crippen LogP contribution in [0.2, 0.25) is 0 Å². The Labute approximate surface area is 87.9 Å². The van der Waals surface area contributed by atoms with E-state index in [0.717, 1.165) is 18.4 Å². The highest BCUT2D eigenvalue weighted by atomic mass is 32.1. The monoisotopic (exact) mass is 212 g/mol. The van der Waals surface area contributed by atoms with Gasteiger partial charge < -0.3 is 16.2 Å². The van der Waals surface area contributed by atoms with E-state index in [-0.39, 0.29) is 6.10 Å². The van der Waals surface area contributed by atoms with E-state index in [0.29, 0.717) is 18.6 Å². The van der Waals surface area contributed by atoms with Crippen molar-refractivity contribution in [2.24, 2.45) is 5.73 Å². The van der Waals surface area contributed by atoms with Crippen molar-refractivity contribution < 1.29 is 5.11 Å². The summed E-state index contributed by atoms with van der Waals surface area (Å²) >= 11 is 1.61. The lowest BCUT2D eigenvalue weighted by Gasteiger charge is -2.33. The summed E-state index contributed by atoms with van der Waals surface area (Å²) in [6.07, 6.45) is 1.70. The molecule has 0 aliphatic heterocycles. The third-order valence-corrected chi connectivity index (χ3v) is 3.40. The highest BCUT2D eigenvalue weighted by Gasteiger charge is 2.25. The Balaban J connectivity index is 1.71. The first kappa shape index (κ1) is 10.1. The zero-order valence-electron chi connectivity index (χ0n) is 8.02. The number of rotatable bonds is 4. The predicted molar refractivity (Wildman–Crippen MR) is 58.3 cm³/mol. The summed E-state index contributed by atoms with van der Waals surface area (Å²) in [6.45, 7) is 0.633. The molecule has 0 bridgehead atoms. The van der Waals surface area contributed by atoms with Crippen LogP contribution in [0.3, 0.4) is 0 Å². The summed E-state index contributed by atoms with van der Waals surface area (Å²) in [5, 5.41) is 17.0. The SMILES string of the molecule is NC1CC(NCC(O)c2ccsc2)C1. The third kappa shape index (κ3) is 2.33. The van der Waals surface area contributed by atoms with Gasteiger partial charge in [0, 0.05) is 18.6 Å². The number of hydrogen-bond donors (Lipinski definition) is 3. The lowest BCUT2D eigenvalue weighted by molar-refractivity contribution is 0.158. The summed E-state index contributed by atoms with van der Waals surface area (Å²) in [5.41, 5.74) is 6.67. The van der Waals surface area contributed by atoms with Gasteiger partial charge >= 0.3 is 0 Å². The minimum absolute atomic E-state index is 0.366. The van der Waals surface area contributed by atoms with Crippen LogP contribution in [0, 0.1) is 0 Å². The smallest absolute Gasteiger partial charge is 0.0922 e. The minimum atomic E-state index is -0.377. The van der Waals surface area contributed by atoms with Crippen molar-refractivity contribution in [1.82, 2.24) is 5.32 Å². The average molecular weight is 212 g/mol. The molecule has 1 saturated carbocycles. The van der Waals surface area contributed by atoms with E-state index in [1.165, 1.54) is 0 Å². The van der Waals surface area contributed by atoms with E-state index < -0.39 is 0 Å². The minimum Gasteiger partial charge on any atom is -0.387 e. The number of thiophene rings is 1. The van der Waals surface area contributed by atoms with Crippen molar-refractivity contribution >= 4 is 11.3 Å². The van der Waals surface area contributed by atoms with Crippen LogP contribution >= 0.6 is 11.3 Å². The summed E-state index contributed by atoms with van der Waals surface area (Å²) in [4.78, 5) is 0. The van der Waals surface area contributed by atoms with Crippen LogP contribution < -0.4 is 11.1 Å². The van der Waals surface area contributed by atoms with E-state index in [1.54, 1.807) is 11.3 Å². The maximum atomic E-state index is 9.76. The van der Waals surface area contributed by atoms with Gasteiger partial charge in [0.25, 0.3) is 0 Å². The molecule has 4 heteroatoms. The predicted octanol–water partition coefficient (Wildman–Crippen LogP) is 0.861. The van der Waals surface area contributed by atoms with Crippen molar-refractivity contribution in [2.75, 3.05) is 6.54 Å². The van der Waals surface area contributed by atoms with Gasteiger partial charge in [0.15, 0.2) is 0 Å². The second-order valence-corrected chi connectivity index (χ2v) is 4.69. The molecule has 1 unspecified atom stereocenters. The Kier molecular flexibility index (Phi) is 3.18. The molecule has 0 amide bonds. The van der Waals surface area contributed by atoms with E-state index >= 15 is 0 Å². The first-order valence-electron chi connectivity index (χ1n) is 4.95. The first-order chi connectivity index (χ1) is 6.75. The van der Waals surface area contributed by atoms with Gasteiger partial charge in [-0.3, -0.25) is 0 Å². The Morgan fingerprint density at radius 2 is 2.43 bits per heavy atom.